The number of fused-ring (bicyclic) bond motifs is 1. The van der Waals surface area contributed by atoms with Crippen LogP contribution in [0.4, 0.5) is 4.79 Å². The molecule has 0 aliphatic carbocycles. The van der Waals surface area contributed by atoms with E-state index in [-0.39, 0.29) is 18.4 Å². The van der Waals surface area contributed by atoms with E-state index in [1.165, 1.54) is 0 Å². The Morgan fingerprint density at radius 1 is 1.46 bits per heavy atom. The highest BCUT2D eigenvalue weighted by atomic mass is 16.2. The highest BCUT2D eigenvalue weighted by Crippen LogP contribution is 2.19. The summed E-state index contributed by atoms with van der Waals surface area (Å²) in [5.41, 5.74) is 11.0. The molecule has 72 valence electrons. The molecule has 0 aromatic heterocycles. The molecule has 0 aromatic rings. The summed E-state index contributed by atoms with van der Waals surface area (Å²) in [6.45, 7) is 0. The van der Waals surface area contributed by atoms with E-state index in [1.54, 1.807) is 23.9 Å². The van der Waals surface area contributed by atoms with Gasteiger partial charge in [0.25, 0.3) is 0 Å². The number of rotatable bonds is 0. The average molecular weight is 184 g/mol. The number of hydrogen-bond acceptors (Lipinski definition) is 5. The Balaban J connectivity index is 2.30. The molecule has 2 rings (SSSR count). The summed E-state index contributed by atoms with van der Waals surface area (Å²) in [4.78, 5) is 18.7. The van der Waals surface area contributed by atoms with Crippen LogP contribution in [0.3, 0.4) is 0 Å². The molecule has 2 aliphatic rings. The van der Waals surface area contributed by atoms with Gasteiger partial charge in [-0.25, -0.2) is 15.2 Å². The maximum absolute atomic E-state index is 11.5. The molecule has 1 fully saturated rings. The van der Waals surface area contributed by atoms with Crippen molar-refractivity contribution < 1.29 is 4.79 Å². The highest BCUT2D eigenvalue weighted by Gasteiger charge is 2.43. The van der Waals surface area contributed by atoms with Gasteiger partial charge in [0.15, 0.2) is 6.17 Å². The largest absolute Gasteiger partial charge is 0.369 e. The fourth-order valence-electron chi connectivity index (χ4n) is 1.54. The van der Waals surface area contributed by atoms with E-state index in [4.69, 9.17) is 5.73 Å². The lowest BCUT2D eigenvalue weighted by Gasteiger charge is -2.28. The second-order valence-electron chi connectivity index (χ2n) is 3.15. The summed E-state index contributed by atoms with van der Waals surface area (Å²) in [6.07, 6.45) is -0.386. The molecule has 0 unspecified atom stereocenters. The Kier molecular flexibility index (Phi) is 1.56. The molecular formula is C6H12N6O. The maximum atomic E-state index is 11.5. The molecule has 1 saturated heterocycles. The fraction of sp³-hybridized carbons (Fsp3) is 0.667. The summed E-state index contributed by atoms with van der Waals surface area (Å²) in [5, 5.41) is 0. The minimum Gasteiger partial charge on any atom is -0.369 e. The van der Waals surface area contributed by atoms with E-state index in [9.17, 15) is 4.79 Å². The number of hydrogen-bond donors (Lipinski definition) is 3. The first kappa shape index (κ1) is 8.11. The molecule has 0 aromatic carbocycles. The van der Waals surface area contributed by atoms with Crippen LogP contribution < -0.4 is 16.6 Å². The van der Waals surface area contributed by atoms with E-state index in [2.05, 4.69) is 15.8 Å². The van der Waals surface area contributed by atoms with E-state index in [0.29, 0.717) is 5.96 Å². The molecule has 0 spiro atoms. The van der Waals surface area contributed by atoms with E-state index in [1.807, 2.05) is 0 Å². The molecule has 0 saturated carbocycles. The molecule has 7 nitrogen and oxygen atoms in total. The van der Waals surface area contributed by atoms with Crippen molar-refractivity contribution in [1.29, 1.82) is 0 Å². The lowest BCUT2D eigenvalue weighted by Crippen LogP contribution is -2.60. The van der Waals surface area contributed by atoms with Gasteiger partial charge in [-0.2, -0.15) is 0 Å². The van der Waals surface area contributed by atoms with Crippen molar-refractivity contribution in [3.05, 3.63) is 0 Å². The third-order valence-corrected chi connectivity index (χ3v) is 2.32. The van der Waals surface area contributed by atoms with Gasteiger partial charge < -0.3 is 15.5 Å². The van der Waals surface area contributed by atoms with Gasteiger partial charge in [-0.15, -0.1) is 0 Å². The predicted octanol–water partition coefficient (Wildman–Crippen LogP) is -1.94. The maximum Gasteiger partial charge on any atom is 0.322 e. The van der Waals surface area contributed by atoms with E-state index in [0.717, 1.165) is 0 Å². The number of hydrazine groups is 1. The summed E-state index contributed by atoms with van der Waals surface area (Å²) < 4.78 is 0. The van der Waals surface area contributed by atoms with Crippen molar-refractivity contribution in [3.8, 4) is 0 Å². The van der Waals surface area contributed by atoms with Gasteiger partial charge in [-0.1, -0.05) is 0 Å². The average Bonchev–Trinajstić information content (AvgIpc) is 2.32. The van der Waals surface area contributed by atoms with Crippen LogP contribution >= 0.6 is 0 Å². The molecule has 4 N–H and O–H groups in total. The highest BCUT2D eigenvalue weighted by molar-refractivity contribution is 5.82. The van der Waals surface area contributed by atoms with Crippen LogP contribution in [-0.2, 0) is 0 Å². The molecule has 2 atom stereocenters. The van der Waals surface area contributed by atoms with Crippen LogP contribution in [-0.4, -0.2) is 48.2 Å². The summed E-state index contributed by atoms with van der Waals surface area (Å²) in [6, 6.07) is -0.0669. The summed E-state index contributed by atoms with van der Waals surface area (Å²) in [5.74, 6) is 0.302. The Morgan fingerprint density at radius 3 is 2.85 bits per heavy atom. The quantitative estimate of drug-likeness (QED) is 0.409. The molecular weight excluding hydrogens is 172 g/mol. The molecule has 2 amide bonds. The van der Waals surface area contributed by atoms with E-state index >= 15 is 0 Å². The third-order valence-electron chi connectivity index (χ3n) is 2.32. The normalized spacial score (nSPS) is 32.8. The number of nitrogens with one attached hydrogen (secondary N) is 2. The number of amides is 2. The molecule has 0 bridgehead atoms. The smallest absolute Gasteiger partial charge is 0.322 e. The van der Waals surface area contributed by atoms with Gasteiger partial charge in [-0.3, -0.25) is 5.43 Å². The van der Waals surface area contributed by atoms with Crippen molar-refractivity contribution in [2.24, 2.45) is 10.7 Å². The molecule has 2 aliphatic heterocycles. The van der Waals surface area contributed by atoms with Gasteiger partial charge in [-0.05, 0) is 0 Å². The molecule has 2 heterocycles. The van der Waals surface area contributed by atoms with Crippen LogP contribution in [0, 0.1) is 0 Å². The summed E-state index contributed by atoms with van der Waals surface area (Å²) in [7, 11) is 3.42. The zero-order chi connectivity index (χ0) is 9.59. The topological polar surface area (TPSA) is 86.0 Å². The van der Waals surface area contributed by atoms with Crippen LogP contribution in [0.15, 0.2) is 4.99 Å². The standard InChI is InChI=1S/C6H12N6O/c1-11-3-4(12(2)6(11)13)9-10-5(7)8-3/h3-4,9H,1-2H3,(H3,7,8,10)/t3-,4-/m0/s1. The number of guanidine groups is 1. The molecule has 13 heavy (non-hydrogen) atoms. The Bertz CT molecular complexity index is 276. The van der Waals surface area contributed by atoms with Gasteiger partial charge in [0.2, 0.25) is 5.96 Å². The first-order valence-corrected chi connectivity index (χ1v) is 3.95. The minimum atomic E-state index is -0.237. The van der Waals surface area contributed by atoms with Crippen molar-refractivity contribution in [3.63, 3.8) is 0 Å². The zero-order valence-corrected chi connectivity index (χ0v) is 7.48. The van der Waals surface area contributed by atoms with Crippen LogP contribution in [0.5, 0.6) is 0 Å². The number of carbonyl (C=O) groups excluding carboxylic acids is 1. The molecule has 0 radical (unpaired) electrons. The Morgan fingerprint density at radius 2 is 2.15 bits per heavy atom. The van der Waals surface area contributed by atoms with Crippen molar-refractivity contribution in [2.45, 2.75) is 12.3 Å². The van der Waals surface area contributed by atoms with Crippen LogP contribution in [0.2, 0.25) is 0 Å². The fourth-order valence-corrected chi connectivity index (χ4v) is 1.54. The van der Waals surface area contributed by atoms with Crippen molar-refractivity contribution in [1.82, 2.24) is 20.7 Å². The SMILES string of the molecule is CN1C(=O)N(C)[C@@H]2NNC(N)=N[C@H]21. The molecule has 7 heteroatoms. The predicted molar refractivity (Wildman–Crippen MR) is 46.4 cm³/mol. The Labute approximate surface area is 75.5 Å². The lowest BCUT2D eigenvalue weighted by atomic mass is 10.4. The van der Waals surface area contributed by atoms with Crippen LogP contribution in [0.25, 0.3) is 0 Å². The second-order valence-corrected chi connectivity index (χ2v) is 3.15. The second kappa shape index (κ2) is 2.49. The van der Waals surface area contributed by atoms with Gasteiger partial charge >= 0.3 is 6.03 Å². The van der Waals surface area contributed by atoms with Gasteiger partial charge in [0.1, 0.15) is 6.17 Å². The third kappa shape index (κ3) is 1.00. The summed E-state index contributed by atoms with van der Waals surface area (Å²) >= 11 is 0. The monoisotopic (exact) mass is 184 g/mol. The van der Waals surface area contributed by atoms with E-state index < -0.39 is 0 Å². The first-order valence-electron chi connectivity index (χ1n) is 3.95. The minimum absolute atomic E-state index is 0.0669. The Hall–Kier alpha value is -1.50. The van der Waals surface area contributed by atoms with Gasteiger partial charge in [0.05, 0.1) is 0 Å². The number of urea groups is 1. The van der Waals surface area contributed by atoms with Crippen molar-refractivity contribution >= 4 is 12.0 Å². The number of nitrogens with two attached hydrogens (primary N) is 1. The van der Waals surface area contributed by atoms with Crippen molar-refractivity contribution in [2.75, 3.05) is 14.1 Å². The van der Waals surface area contributed by atoms with Crippen LogP contribution in [0.1, 0.15) is 0 Å². The number of aliphatic imine (C=N–C) groups is 1. The number of nitrogens with zero attached hydrogens (tertiary/aromatic N) is 3. The number of likely N-dealkylation sites (N-methyl/N-ethyl adjacent to an activating group) is 2. The lowest BCUT2D eigenvalue weighted by molar-refractivity contribution is 0.196. The first-order chi connectivity index (χ1) is 6.11. The van der Waals surface area contributed by atoms with Gasteiger partial charge in [0, 0.05) is 14.1 Å². The zero-order valence-electron chi connectivity index (χ0n) is 7.48. The number of carbonyl (C=O) groups is 1.